The van der Waals surface area contributed by atoms with Crippen LogP contribution in [0.4, 0.5) is 0 Å². The van der Waals surface area contributed by atoms with Gasteiger partial charge in [0.15, 0.2) is 0 Å². The van der Waals surface area contributed by atoms with E-state index in [0.29, 0.717) is 5.82 Å². The third-order valence-electron chi connectivity index (χ3n) is 3.48. The van der Waals surface area contributed by atoms with Gasteiger partial charge in [0.1, 0.15) is 12.0 Å². The quantitative estimate of drug-likeness (QED) is 0.826. The monoisotopic (exact) mass is 254 g/mol. The molecule has 1 fully saturated rings. The Morgan fingerprint density at radius 1 is 1.39 bits per heavy atom. The van der Waals surface area contributed by atoms with E-state index < -0.39 is 11.6 Å². The van der Waals surface area contributed by atoms with Crippen LogP contribution in [0.3, 0.4) is 0 Å². The van der Waals surface area contributed by atoms with Crippen molar-refractivity contribution in [1.29, 1.82) is 0 Å². The summed E-state index contributed by atoms with van der Waals surface area (Å²) in [7, 11) is 1.65. The SMILES string of the molecule is COC1(c2noc(CC(=O)O)n2)CCCCCC1. The van der Waals surface area contributed by atoms with Crippen molar-refractivity contribution < 1.29 is 19.2 Å². The Kier molecular flexibility index (Phi) is 3.96. The van der Waals surface area contributed by atoms with Gasteiger partial charge in [-0.15, -0.1) is 0 Å². The second-order valence-corrected chi connectivity index (χ2v) is 4.69. The second-order valence-electron chi connectivity index (χ2n) is 4.69. The maximum absolute atomic E-state index is 10.6. The highest BCUT2D eigenvalue weighted by molar-refractivity contribution is 5.68. The van der Waals surface area contributed by atoms with Crippen molar-refractivity contribution in [3.8, 4) is 0 Å². The normalized spacial score (nSPS) is 19.4. The first kappa shape index (κ1) is 13.0. The summed E-state index contributed by atoms with van der Waals surface area (Å²) in [6.07, 6.45) is 5.97. The van der Waals surface area contributed by atoms with Crippen LogP contribution in [0.5, 0.6) is 0 Å². The van der Waals surface area contributed by atoms with E-state index >= 15 is 0 Å². The number of aliphatic carboxylic acids is 1. The van der Waals surface area contributed by atoms with Gasteiger partial charge < -0.3 is 14.4 Å². The number of hydrogen-bond acceptors (Lipinski definition) is 5. The molecule has 1 N–H and O–H groups in total. The number of carboxylic acid groups (broad SMARTS) is 1. The fraction of sp³-hybridized carbons (Fsp3) is 0.750. The summed E-state index contributed by atoms with van der Waals surface area (Å²) in [6, 6.07) is 0. The molecule has 0 radical (unpaired) electrons. The predicted molar refractivity (Wildman–Crippen MR) is 62.0 cm³/mol. The zero-order chi connectivity index (χ0) is 13.0. The lowest BCUT2D eigenvalue weighted by atomic mass is 9.93. The molecule has 1 heterocycles. The third-order valence-corrected chi connectivity index (χ3v) is 3.48. The van der Waals surface area contributed by atoms with E-state index in [4.69, 9.17) is 14.4 Å². The molecule has 0 spiro atoms. The molecule has 0 aromatic carbocycles. The molecule has 100 valence electrons. The van der Waals surface area contributed by atoms with Crippen LogP contribution >= 0.6 is 0 Å². The van der Waals surface area contributed by atoms with E-state index in [2.05, 4.69) is 10.1 Å². The predicted octanol–water partition coefficient (Wildman–Crippen LogP) is 1.89. The first-order chi connectivity index (χ1) is 8.66. The lowest BCUT2D eigenvalue weighted by molar-refractivity contribution is -0.136. The Morgan fingerprint density at radius 2 is 2.06 bits per heavy atom. The summed E-state index contributed by atoms with van der Waals surface area (Å²) < 4.78 is 10.6. The molecular weight excluding hydrogens is 236 g/mol. The highest BCUT2D eigenvalue weighted by Gasteiger charge is 2.37. The Bertz CT molecular complexity index is 408. The largest absolute Gasteiger partial charge is 0.481 e. The number of aromatic nitrogens is 2. The Balaban J connectivity index is 2.20. The molecular formula is C12H18N2O4. The first-order valence-corrected chi connectivity index (χ1v) is 6.26. The molecule has 0 bridgehead atoms. The van der Waals surface area contributed by atoms with Crippen molar-refractivity contribution in [3.05, 3.63) is 11.7 Å². The average Bonchev–Trinajstić information content (AvgIpc) is 2.66. The first-order valence-electron chi connectivity index (χ1n) is 6.26. The van der Waals surface area contributed by atoms with Gasteiger partial charge in [0, 0.05) is 7.11 Å². The van der Waals surface area contributed by atoms with Gasteiger partial charge in [-0.25, -0.2) is 0 Å². The highest BCUT2D eigenvalue weighted by Crippen LogP contribution is 2.37. The van der Waals surface area contributed by atoms with Crippen molar-refractivity contribution in [1.82, 2.24) is 10.1 Å². The van der Waals surface area contributed by atoms with Crippen molar-refractivity contribution in [3.63, 3.8) is 0 Å². The lowest BCUT2D eigenvalue weighted by Crippen LogP contribution is -2.29. The summed E-state index contributed by atoms with van der Waals surface area (Å²) in [5.74, 6) is -0.348. The van der Waals surface area contributed by atoms with Crippen LogP contribution in [-0.2, 0) is 21.6 Å². The van der Waals surface area contributed by atoms with Crippen LogP contribution in [-0.4, -0.2) is 28.3 Å². The minimum atomic E-state index is -0.975. The maximum atomic E-state index is 10.6. The zero-order valence-corrected chi connectivity index (χ0v) is 10.5. The standard InChI is InChI=1S/C12H18N2O4/c1-17-12(6-4-2-3-5-7-12)11-13-9(18-14-11)8-10(15)16/h2-8H2,1H3,(H,15,16). The van der Waals surface area contributed by atoms with Gasteiger partial charge in [-0.05, 0) is 12.8 Å². The topological polar surface area (TPSA) is 85.5 Å². The molecule has 6 heteroatoms. The molecule has 0 unspecified atom stereocenters. The van der Waals surface area contributed by atoms with Crippen LogP contribution in [0, 0.1) is 0 Å². The van der Waals surface area contributed by atoms with E-state index in [-0.39, 0.29) is 12.3 Å². The third kappa shape index (κ3) is 2.69. The molecule has 1 aromatic rings. The number of ether oxygens (including phenoxy) is 1. The summed E-state index contributed by atoms with van der Waals surface area (Å²) in [5, 5.41) is 12.6. The van der Waals surface area contributed by atoms with E-state index in [0.717, 1.165) is 25.7 Å². The number of carbonyl (C=O) groups is 1. The molecule has 2 rings (SSSR count). The molecule has 0 saturated heterocycles. The van der Waals surface area contributed by atoms with Crippen molar-refractivity contribution in [2.24, 2.45) is 0 Å². The van der Waals surface area contributed by atoms with Gasteiger partial charge in [-0.2, -0.15) is 4.98 Å². The van der Waals surface area contributed by atoms with E-state index in [1.54, 1.807) is 7.11 Å². The minimum Gasteiger partial charge on any atom is -0.481 e. The van der Waals surface area contributed by atoms with Crippen LogP contribution in [0.2, 0.25) is 0 Å². The molecule has 1 aliphatic rings. The summed E-state index contributed by atoms with van der Waals surface area (Å²) in [4.78, 5) is 14.8. The van der Waals surface area contributed by atoms with Gasteiger partial charge >= 0.3 is 5.97 Å². The lowest BCUT2D eigenvalue weighted by Gasteiger charge is -2.27. The van der Waals surface area contributed by atoms with E-state index in [1.807, 2.05) is 0 Å². The van der Waals surface area contributed by atoms with Gasteiger partial charge in [0.05, 0.1) is 0 Å². The second kappa shape index (κ2) is 5.48. The van der Waals surface area contributed by atoms with Gasteiger partial charge in [0.25, 0.3) is 0 Å². The number of carboxylic acids is 1. The molecule has 0 amide bonds. The van der Waals surface area contributed by atoms with Crippen LogP contribution < -0.4 is 0 Å². The molecule has 0 atom stereocenters. The molecule has 0 aliphatic heterocycles. The van der Waals surface area contributed by atoms with E-state index in [1.165, 1.54) is 12.8 Å². The van der Waals surface area contributed by atoms with Crippen molar-refractivity contribution in [2.45, 2.75) is 50.5 Å². The average molecular weight is 254 g/mol. The number of rotatable bonds is 4. The molecule has 1 saturated carbocycles. The number of nitrogens with zero attached hydrogens (tertiary/aromatic N) is 2. The van der Waals surface area contributed by atoms with Gasteiger partial charge in [-0.3, -0.25) is 4.79 Å². The number of methoxy groups -OCH3 is 1. The molecule has 1 aliphatic carbocycles. The van der Waals surface area contributed by atoms with Crippen LogP contribution in [0.15, 0.2) is 4.52 Å². The number of hydrogen-bond donors (Lipinski definition) is 1. The molecule has 1 aromatic heterocycles. The van der Waals surface area contributed by atoms with Gasteiger partial charge in [-0.1, -0.05) is 30.8 Å². The fourth-order valence-electron chi connectivity index (χ4n) is 2.46. The van der Waals surface area contributed by atoms with Crippen molar-refractivity contribution >= 4 is 5.97 Å². The molecule has 6 nitrogen and oxygen atoms in total. The Labute approximate surface area is 105 Å². The zero-order valence-electron chi connectivity index (χ0n) is 10.5. The minimum absolute atomic E-state index is 0.137. The Hall–Kier alpha value is -1.43. The Morgan fingerprint density at radius 3 is 2.61 bits per heavy atom. The smallest absolute Gasteiger partial charge is 0.312 e. The highest BCUT2D eigenvalue weighted by atomic mass is 16.5. The van der Waals surface area contributed by atoms with Crippen LogP contribution in [0.1, 0.15) is 50.2 Å². The summed E-state index contributed by atoms with van der Waals surface area (Å²) in [6.45, 7) is 0. The van der Waals surface area contributed by atoms with Crippen LogP contribution in [0.25, 0.3) is 0 Å². The fourth-order valence-corrected chi connectivity index (χ4v) is 2.46. The maximum Gasteiger partial charge on any atom is 0.312 e. The van der Waals surface area contributed by atoms with Crippen molar-refractivity contribution in [2.75, 3.05) is 7.11 Å². The summed E-state index contributed by atoms with van der Waals surface area (Å²) in [5.41, 5.74) is -0.503. The molecule has 18 heavy (non-hydrogen) atoms. The van der Waals surface area contributed by atoms with E-state index in [9.17, 15) is 4.79 Å². The van der Waals surface area contributed by atoms with Gasteiger partial charge in [0.2, 0.25) is 11.7 Å². The summed E-state index contributed by atoms with van der Waals surface area (Å²) >= 11 is 0.